The minimum absolute atomic E-state index is 0.181. The second-order valence-electron chi connectivity index (χ2n) is 3.72. The predicted octanol–water partition coefficient (Wildman–Crippen LogP) is -0.224. The number of methoxy groups -OCH3 is 1. The molecule has 0 aromatic rings. The van der Waals surface area contributed by atoms with Gasteiger partial charge in [0.05, 0.1) is 12.5 Å². The van der Waals surface area contributed by atoms with E-state index >= 15 is 0 Å². The van der Waals surface area contributed by atoms with Gasteiger partial charge in [0, 0.05) is 6.42 Å². The van der Waals surface area contributed by atoms with Gasteiger partial charge in [-0.1, -0.05) is 0 Å². The van der Waals surface area contributed by atoms with Gasteiger partial charge in [0.15, 0.2) is 0 Å². The van der Waals surface area contributed by atoms with Gasteiger partial charge < -0.3 is 15.2 Å². The van der Waals surface area contributed by atoms with E-state index < -0.39 is 23.3 Å². The Morgan fingerprint density at radius 2 is 1.87 bits per heavy atom. The lowest BCUT2D eigenvalue weighted by Crippen LogP contribution is -2.36. The molecule has 86 valence electrons. The molecule has 0 rings (SSSR count). The van der Waals surface area contributed by atoms with Crippen LogP contribution in [0.15, 0.2) is 0 Å². The molecule has 0 radical (unpaired) electrons. The molecule has 0 unspecified atom stereocenters. The highest BCUT2D eigenvalue weighted by molar-refractivity contribution is 5.86. The number of nitrogens with one attached hydrogen (secondary N) is 1. The minimum Gasteiger partial charge on any atom is -0.481 e. The number of carbonyl (C=O) groups excluding carboxylic acids is 2. The van der Waals surface area contributed by atoms with Crippen molar-refractivity contribution in [1.82, 2.24) is 5.32 Å². The number of hydrogen-bond donors (Lipinski definition) is 2. The molecular formula is C9H15NO5. The Balaban J connectivity index is 4.04. The molecule has 0 aliphatic heterocycles. The molecule has 0 heterocycles. The molecule has 0 aliphatic rings. The lowest BCUT2D eigenvalue weighted by atomic mass is 9.89. The third-order valence-electron chi connectivity index (χ3n) is 1.84. The summed E-state index contributed by atoms with van der Waals surface area (Å²) in [6.07, 6.45) is -0.181. The maximum Gasteiger partial charge on any atom is 0.325 e. The van der Waals surface area contributed by atoms with Crippen molar-refractivity contribution in [2.24, 2.45) is 5.41 Å². The van der Waals surface area contributed by atoms with Crippen LogP contribution in [-0.4, -0.2) is 36.6 Å². The molecule has 1 amide bonds. The average molecular weight is 217 g/mol. The van der Waals surface area contributed by atoms with E-state index in [9.17, 15) is 14.4 Å². The molecule has 2 N–H and O–H groups in total. The largest absolute Gasteiger partial charge is 0.481 e. The van der Waals surface area contributed by atoms with Crippen molar-refractivity contribution in [1.29, 1.82) is 0 Å². The normalized spacial score (nSPS) is 10.6. The molecule has 0 spiro atoms. The number of ether oxygens (including phenoxy) is 1. The summed E-state index contributed by atoms with van der Waals surface area (Å²) in [5, 5.41) is 11.0. The Hall–Kier alpha value is -1.59. The lowest BCUT2D eigenvalue weighted by Gasteiger charge is -2.17. The van der Waals surface area contributed by atoms with Crippen LogP contribution in [0.2, 0.25) is 0 Å². The van der Waals surface area contributed by atoms with Gasteiger partial charge in [-0.3, -0.25) is 14.4 Å². The number of carbonyl (C=O) groups is 3. The Morgan fingerprint density at radius 3 is 2.27 bits per heavy atom. The molecule has 0 fully saturated rings. The summed E-state index contributed by atoms with van der Waals surface area (Å²) in [5.41, 5.74) is -1.14. The number of carboxylic acids is 1. The van der Waals surface area contributed by atoms with Crippen LogP contribution in [0.3, 0.4) is 0 Å². The van der Waals surface area contributed by atoms with Crippen molar-refractivity contribution in [3.8, 4) is 0 Å². The van der Waals surface area contributed by atoms with Crippen LogP contribution in [0.4, 0.5) is 0 Å². The SMILES string of the molecule is COC(=O)CNC(=O)CC(C)(C)C(=O)O. The van der Waals surface area contributed by atoms with Crippen molar-refractivity contribution in [2.45, 2.75) is 20.3 Å². The number of amides is 1. The number of esters is 1. The van der Waals surface area contributed by atoms with Gasteiger partial charge in [0.25, 0.3) is 0 Å². The molecule has 6 heteroatoms. The molecule has 15 heavy (non-hydrogen) atoms. The van der Waals surface area contributed by atoms with Gasteiger partial charge in [-0.2, -0.15) is 0 Å². The van der Waals surface area contributed by atoms with Crippen LogP contribution in [0, 0.1) is 5.41 Å². The summed E-state index contributed by atoms with van der Waals surface area (Å²) in [5.74, 6) is -2.13. The highest BCUT2D eigenvalue weighted by atomic mass is 16.5. The van der Waals surface area contributed by atoms with Gasteiger partial charge in [-0.05, 0) is 13.8 Å². The van der Waals surface area contributed by atoms with Crippen LogP contribution >= 0.6 is 0 Å². The molecule has 0 saturated heterocycles. The maximum absolute atomic E-state index is 11.2. The van der Waals surface area contributed by atoms with Crippen LogP contribution in [0.5, 0.6) is 0 Å². The Labute approximate surface area is 87.6 Å². The van der Waals surface area contributed by atoms with E-state index in [2.05, 4.69) is 10.1 Å². The van der Waals surface area contributed by atoms with E-state index in [1.54, 1.807) is 0 Å². The molecular weight excluding hydrogens is 202 g/mol. The predicted molar refractivity (Wildman–Crippen MR) is 51.1 cm³/mol. The zero-order chi connectivity index (χ0) is 12.1. The second-order valence-corrected chi connectivity index (χ2v) is 3.72. The first kappa shape index (κ1) is 13.4. The zero-order valence-electron chi connectivity index (χ0n) is 8.99. The number of hydrogen-bond acceptors (Lipinski definition) is 4. The molecule has 0 atom stereocenters. The smallest absolute Gasteiger partial charge is 0.325 e. The van der Waals surface area contributed by atoms with E-state index in [0.717, 1.165) is 0 Å². The van der Waals surface area contributed by atoms with Gasteiger partial charge in [-0.15, -0.1) is 0 Å². The van der Waals surface area contributed by atoms with Crippen molar-refractivity contribution in [3.05, 3.63) is 0 Å². The second kappa shape index (κ2) is 5.33. The number of carboxylic acid groups (broad SMARTS) is 1. The van der Waals surface area contributed by atoms with Crippen molar-refractivity contribution in [2.75, 3.05) is 13.7 Å². The Morgan fingerprint density at radius 1 is 1.33 bits per heavy atom. The summed E-state index contributed by atoms with van der Waals surface area (Å²) >= 11 is 0. The maximum atomic E-state index is 11.2. The minimum atomic E-state index is -1.14. The third-order valence-corrected chi connectivity index (χ3v) is 1.84. The molecule has 0 saturated carbocycles. The quantitative estimate of drug-likeness (QED) is 0.621. The molecule has 0 aliphatic carbocycles. The standard InChI is InChI=1S/C9H15NO5/c1-9(2,8(13)14)4-6(11)10-5-7(12)15-3/h4-5H2,1-3H3,(H,10,11)(H,13,14). The lowest BCUT2D eigenvalue weighted by molar-refractivity contribution is -0.149. The highest BCUT2D eigenvalue weighted by Gasteiger charge is 2.30. The average Bonchev–Trinajstić information content (AvgIpc) is 2.13. The summed E-state index contributed by atoms with van der Waals surface area (Å²) < 4.78 is 4.31. The first-order chi connectivity index (χ1) is 6.79. The number of aliphatic carboxylic acids is 1. The topological polar surface area (TPSA) is 92.7 Å². The summed E-state index contributed by atoms with van der Waals surface area (Å²) in [4.78, 5) is 32.5. The van der Waals surface area contributed by atoms with Gasteiger partial charge in [0.1, 0.15) is 6.54 Å². The van der Waals surface area contributed by atoms with E-state index in [4.69, 9.17) is 5.11 Å². The first-order valence-electron chi connectivity index (χ1n) is 4.36. The fourth-order valence-corrected chi connectivity index (χ4v) is 0.782. The van der Waals surface area contributed by atoms with Gasteiger partial charge >= 0.3 is 11.9 Å². The van der Waals surface area contributed by atoms with E-state index in [1.807, 2.05) is 0 Å². The van der Waals surface area contributed by atoms with Crippen LogP contribution in [-0.2, 0) is 19.1 Å². The third kappa shape index (κ3) is 4.99. The van der Waals surface area contributed by atoms with Gasteiger partial charge in [-0.25, -0.2) is 0 Å². The van der Waals surface area contributed by atoms with E-state index in [-0.39, 0.29) is 13.0 Å². The van der Waals surface area contributed by atoms with Crippen molar-refractivity contribution < 1.29 is 24.2 Å². The van der Waals surface area contributed by atoms with Crippen molar-refractivity contribution >= 4 is 17.8 Å². The zero-order valence-corrected chi connectivity index (χ0v) is 8.99. The molecule has 6 nitrogen and oxygen atoms in total. The van der Waals surface area contributed by atoms with Gasteiger partial charge in [0.2, 0.25) is 5.91 Å². The van der Waals surface area contributed by atoms with E-state index in [1.165, 1.54) is 21.0 Å². The first-order valence-corrected chi connectivity index (χ1v) is 4.36. The van der Waals surface area contributed by atoms with Crippen LogP contribution in [0.1, 0.15) is 20.3 Å². The fraction of sp³-hybridized carbons (Fsp3) is 0.667. The Kier molecular flexibility index (Phi) is 4.77. The number of rotatable bonds is 5. The molecule has 0 aromatic carbocycles. The molecule has 0 aromatic heterocycles. The Bertz CT molecular complexity index is 272. The monoisotopic (exact) mass is 217 g/mol. The summed E-state index contributed by atoms with van der Waals surface area (Å²) in [7, 11) is 1.20. The summed E-state index contributed by atoms with van der Waals surface area (Å²) in [6.45, 7) is 2.63. The molecule has 0 bridgehead atoms. The summed E-state index contributed by atoms with van der Waals surface area (Å²) in [6, 6.07) is 0. The van der Waals surface area contributed by atoms with E-state index in [0.29, 0.717) is 0 Å². The highest BCUT2D eigenvalue weighted by Crippen LogP contribution is 2.19. The fourth-order valence-electron chi connectivity index (χ4n) is 0.782. The van der Waals surface area contributed by atoms with Crippen LogP contribution in [0.25, 0.3) is 0 Å². The van der Waals surface area contributed by atoms with Crippen LogP contribution < -0.4 is 5.32 Å². The van der Waals surface area contributed by atoms with Crippen molar-refractivity contribution in [3.63, 3.8) is 0 Å².